The summed E-state index contributed by atoms with van der Waals surface area (Å²) in [5, 5.41) is 27.1. The molecule has 0 unspecified atom stereocenters. The fourth-order valence-electron chi connectivity index (χ4n) is 5.07. The number of benzene rings is 4. The van der Waals surface area contributed by atoms with Crippen LogP contribution in [-0.4, -0.2) is 88.1 Å². The summed E-state index contributed by atoms with van der Waals surface area (Å²) in [5.74, 6) is -0.260. The molecule has 0 radical (unpaired) electrons. The molecule has 0 atom stereocenters. The fraction of sp³-hybridized carbons (Fsp3) is 0.375. The molecule has 59 heavy (non-hydrogen) atoms. The zero-order chi connectivity index (χ0) is 44.9. The van der Waals surface area contributed by atoms with Crippen LogP contribution in [0.5, 0.6) is 0 Å². The minimum absolute atomic E-state index is 0.109. The average Bonchev–Trinajstić information content (AvgIpc) is 3.40. The minimum Gasteiger partial charge on any atom is -0.462 e. The quantitative estimate of drug-likeness (QED) is 0.0788. The Morgan fingerprint density at radius 2 is 1.07 bits per heavy atom. The van der Waals surface area contributed by atoms with Crippen molar-refractivity contribution in [3.05, 3.63) is 108 Å². The number of sulfone groups is 2. The van der Waals surface area contributed by atoms with Gasteiger partial charge < -0.3 is 29.4 Å². The zero-order valence-corrected chi connectivity index (χ0v) is 42.2. The lowest BCUT2D eigenvalue weighted by Gasteiger charge is -2.32. The molecule has 1 aliphatic rings. The van der Waals surface area contributed by atoms with E-state index < -0.39 is 38.0 Å². The van der Waals surface area contributed by atoms with Crippen molar-refractivity contribution in [2.45, 2.75) is 85.2 Å². The molecular formula is C40H50BBr3O11S4. The SMILES string of the molecule is CC1(C)OB(c2ccc(CO)c(S(C)(=O)=O)c2)OC1(C)C.CCOC(=O)c1ccc(Br)cc1SC.CS(=O)(=O)c1cc(Br)ccc1CO.CSc1cc(Br)ccc1CO. The maximum atomic E-state index is 11.8. The van der Waals surface area contributed by atoms with Crippen LogP contribution in [0.25, 0.3) is 0 Å². The third kappa shape index (κ3) is 15.8. The van der Waals surface area contributed by atoms with E-state index in [0.29, 0.717) is 33.2 Å². The second-order valence-corrected chi connectivity index (χ2v) is 22.2. The number of hydrogen-bond acceptors (Lipinski definition) is 13. The van der Waals surface area contributed by atoms with Crippen molar-refractivity contribution in [3.63, 3.8) is 0 Å². The lowest BCUT2D eigenvalue weighted by atomic mass is 9.79. The number of rotatable bonds is 10. The summed E-state index contributed by atoms with van der Waals surface area (Å²) in [4.78, 5) is 13.8. The Hall–Kier alpha value is -1.75. The van der Waals surface area contributed by atoms with E-state index >= 15 is 0 Å². The van der Waals surface area contributed by atoms with Crippen LogP contribution in [0.1, 0.15) is 61.7 Å². The zero-order valence-electron chi connectivity index (χ0n) is 34.2. The van der Waals surface area contributed by atoms with Crippen LogP contribution in [0.3, 0.4) is 0 Å². The van der Waals surface area contributed by atoms with Crippen molar-refractivity contribution >= 4 is 110 Å². The fourth-order valence-corrected chi connectivity index (χ4v) is 9.77. The summed E-state index contributed by atoms with van der Waals surface area (Å²) in [7, 11) is -7.31. The van der Waals surface area contributed by atoms with Gasteiger partial charge in [0, 0.05) is 35.7 Å². The second-order valence-electron chi connectivity index (χ2n) is 13.7. The van der Waals surface area contributed by atoms with E-state index in [2.05, 4.69) is 47.8 Å². The molecule has 1 heterocycles. The van der Waals surface area contributed by atoms with E-state index in [9.17, 15) is 26.7 Å². The van der Waals surface area contributed by atoms with Crippen molar-refractivity contribution in [1.82, 2.24) is 0 Å². The van der Waals surface area contributed by atoms with Crippen LogP contribution >= 0.6 is 71.3 Å². The van der Waals surface area contributed by atoms with Gasteiger partial charge in [-0.15, -0.1) is 23.5 Å². The molecule has 0 aliphatic carbocycles. The lowest BCUT2D eigenvalue weighted by molar-refractivity contribution is 0.00578. The predicted octanol–water partition coefficient (Wildman–Crippen LogP) is 8.24. The average molecular weight is 1090 g/mol. The molecule has 4 aromatic carbocycles. The largest absolute Gasteiger partial charge is 0.494 e. The molecule has 0 spiro atoms. The first-order chi connectivity index (χ1) is 27.4. The van der Waals surface area contributed by atoms with Gasteiger partial charge in [0.25, 0.3) is 0 Å². The molecule has 1 fully saturated rings. The maximum absolute atomic E-state index is 11.8. The Morgan fingerprint density at radius 3 is 1.51 bits per heavy atom. The highest BCUT2D eigenvalue weighted by Gasteiger charge is 2.51. The topological polar surface area (TPSA) is 174 Å². The van der Waals surface area contributed by atoms with Crippen molar-refractivity contribution < 1.29 is 51.0 Å². The molecule has 0 saturated carbocycles. The van der Waals surface area contributed by atoms with Gasteiger partial charge in [0.2, 0.25) is 0 Å². The molecule has 0 bridgehead atoms. The summed E-state index contributed by atoms with van der Waals surface area (Å²) in [6.45, 7) is 9.47. The van der Waals surface area contributed by atoms with E-state index in [1.165, 1.54) is 23.9 Å². The van der Waals surface area contributed by atoms with Gasteiger partial charge in [0.05, 0.1) is 53.0 Å². The van der Waals surface area contributed by atoms with Crippen LogP contribution in [0, 0.1) is 0 Å². The number of esters is 1. The van der Waals surface area contributed by atoms with Crippen molar-refractivity contribution in [1.29, 1.82) is 0 Å². The monoisotopic (exact) mass is 1080 g/mol. The Balaban J connectivity index is 0.000000280. The Kier molecular flexibility index (Phi) is 21.4. The van der Waals surface area contributed by atoms with Gasteiger partial charge >= 0.3 is 13.1 Å². The Morgan fingerprint density at radius 1 is 0.661 bits per heavy atom. The second kappa shape index (κ2) is 23.6. The standard InChI is InChI=1S/C14H21BO5S.C10H11BrO2S.C8H9BrO3S.C8H9BrOS/c1-13(2)14(3,4)20-15(19-13)11-7-6-10(9-16)12(8-11)21(5,17)18;1-3-13-10(12)8-5-4-7(11)6-9(8)14-2;1-13(11,12)8-4-7(9)3-2-6(8)5-10;1-11-8-4-7(9)3-2-6(8)5-10/h6-8,16H,9H2,1-5H3;4-6H,3H2,1-2H3;2-4,10H,5H2,1H3;2-4,10H,5H2,1H3. The summed E-state index contributed by atoms with van der Waals surface area (Å²) < 4.78 is 65.6. The van der Waals surface area contributed by atoms with Gasteiger partial charge in [-0.05, 0) is 118 Å². The number of carbonyl (C=O) groups is 1. The highest BCUT2D eigenvalue weighted by Crippen LogP contribution is 2.37. The maximum Gasteiger partial charge on any atom is 0.494 e. The van der Waals surface area contributed by atoms with Gasteiger partial charge in [0.15, 0.2) is 19.7 Å². The molecule has 324 valence electrons. The Labute approximate surface area is 382 Å². The van der Waals surface area contributed by atoms with Gasteiger partial charge in [-0.25, -0.2) is 21.6 Å². The molecule has 4 aromatic rings. The molecule has 5 rings (SSSR count). The van der Waals surface area contributed by atoms with Crippen LogP contribution < -0.4 is 5.46 Å². The first kappa shape index (κ1) is 53.4. The number of aliphatic hydroxyl groups excluding tert-OH is 3. The van der Waals surface area contributed by atoms with Gasteiger partial charge in [-0.1, -0.05) is 72.1 Å². The lowest BCUT2D eigenvalue weighted by Crippen LogP contribution is -2.41. The molecule has 0 aromatic heterocycles. The van der Waals surface area contributed by atoms with E-state index in [-0.39, 0.29) is 35.6 Å². The molecule has 19 heteroatoms. The smallest absolute Gasteiger partial charge is 0.462 e. The summed E-state index contributed by atoms with van der Waals surface area (Å²) >= 11 is 13.1. The molecule has 3 N–H and O–H groups in total. The molecular weight excluding hydrogens is 1040 g/mol. The predicted molar refractivity (Wildman–Crippen MR) is 248 cm³/mol. The minimum atomic E-state index is -3.43. The normalized spacial score (nSPS) is 14.2. The third-order valence-electron chi connectivity index (χ3n) is 8.86. The van der Waals surface area contributed by atoms with Crippen LogP contribution in [0.15, 0.2) is 106 Å². The van der Waals surface area contributed by atoms with Gasteiger partial charge in [-0.3, -0.25) is 0 Å². The van der Waals surface area contributed by atoms with Crippen molar-refractivity contribution in [3.8, 4) is 0 Å². The van der Waals surface area contributed by atoms with Crippen LogP contribution in [0.4, 0.5) is 0 Å². The summed E-state index contributed by atoms with van der Waals surface area (Å²) in [6.07, 6.45) is 6.18. The van der Waals surface area contributed by atoms with E-state index in [1.807, 2.05) is 70.5 Å². The van der Waals surface area contributed by atoms with Crippen LogP contribution in [0.2, 0.25) is 0 Å². The highest BCUT2D eigenvalue weighted by molar-refractivity contribution is 9.11. The molecule has 1 aliphatic heterocycles. The number of carbonyl (C=O) groups excluding carboxylic acids is 1. The number of ether oxygens (including phenoxy) is 1. The third-order valence-corrected chi connectivity index (χ3v) is 14.3. The van der Waals surface area contributed by atoms with Gasteiger partial charge in [0.1, 0.15) is 0 Å². The summed E-state index contributed by atoms with van der Waals surface area (Å²) in [5.41, 5.74) is 2.06. The molecule has 11 nitrogen and oxygen atoms in total. The van der Waals surface area contributed by atoms with Crippen LogP contribution in [-0.2, 0) is 53.5 Å². The molecule has 1 saturated heterocycles. The first-order valence-electron chi connectivity index (χ1n) is 17.7. The van der Waals surface area contributed by atoms with Crippen molar-refractivity contribution in [2.75, 3.05) is 31.6 Å². The number of thioether (sulfide) groups is 2. The van der Waals surface area contributed by atoms with E-state index in [0.717, 1.165) is 36.8 Å². The Bertz CT molecular complexity index is 2260. The number of hydrogen-bond donors (Lipinski definition) is 3. The highest BCUT2D eigenvalue weighted by atomic mass is 79.9. The van der Waals surface area contributed by atoms with E-state index in [1.54, 1.807) is 49.0 Å². The number of aliphatic hydroxyl groups is 3. The first-order valence-corrected chi connectivity index (χ1v) is 26.3. The van der Waals surface area contributed by atoms with E-state index in [4.69, 9.17) is 24.3 Å². The number of halogens is 3. The summed E-state index contributed by atoms with van der Waals surface area (Å²) in [6, 6.07) is 21.0. The van der Waals surface area contributed by atoms with Crippen molar-refractivity contribution in [2.24, 2.45) is 0 Å². The van der Waals surface area contributed by atoms with Gasteiger partial charge in [-0.2, -0.15) is 0 Å². The molecule has 0 amide bonds.